The maximum absolute atomic E-state index is 11.9. The van der Waals surface area contributed by atoms with Crippen molar-refractivity contribution in [2.45, 2.75) is 6.18 Å². The molecule has 0 aliphatic carbocycles. The molecule has 1 heterocycles. The van der Waals surface area contributed by atoms with E-state index in [4.69, 9.17) is 5.11 Å². The van der Waals surface area contributed by atoms with Crippen LogP contribution in [0.1, 0.15) is 16.1 Å². The number of carbonyl (C=O) groups is 1. The zero-order valence-electron chi connectivity index (χ0n) is 5.42. The topological polar surface area (TPSA) is 50.2 Å². The highest BCUT2D eigenvalue weighted by molar-refractivity contribution is 7.03. The number of hydrogen-bond acceptors (Lipinski definition) is 3. The molecule has 0 aliphatic rings. The van der Waals surface area contributed by atoms with Crippen molar-refractivity contribution in [1.82, 2.24) is 4.37 Å². The van der Waals surface area contributed by atoms with Crippen LogP contribution in [0, 0.1) is 0 Å². The van der Waals surface area contributed by atoms with Crippen LogP contribution in [0.25, 0.3) is 0 Å². The molecule has 7 heteroatoms. The molecule has 0 amide bonds. The Bertz CT molecular complexity index is 306. The molecular formula is C5H2F3NO2S. The summed E-state index contributed by atoms with van der Waals surface area (Å²) in [7, 11) is 0. The van der Waals surface area contributed by atoms with Gasteiger partial charge in [0.15, 0.2) is 5.69 Å². The molecule has 0 spiro atoms. The molecule has 0 radical (unpaired) electrons. The van der Waals surface area contributed by atoms with E-state index in [-0.39, 0.29) is 0 Å². The molecule has 0 unspecified atom stereocenters. The van der Waals surface area contributed by atoms with Crippen molar-refractivity contribution in [3.8, 4) is 0 Å². The molecule has 0 saturated heterocycles. The number of carboxylic acid groups (broad SMARTS) is 1. The highest BCUT2D eigenvalue weighted by atomic mass is 32.1. The maximum atomic E-state index is 11.9. The second-order valence-corrected chi connectivity index (χ2v) is 2.51. The normalized spacial score (nSPS) is 11.6. The van der Waals surface area contributed by atoms with Gasteiger partial charge in [-0.2, -0.15) is 17.5 Å². The van der Waals surface area contributed by atoms with Crippen LogP contribution in [0.15, 0.2) is 5.38 Å². The number of halogens is 3. The Morgan fingerprint density at radius 2 is 2.17 bits per heavy atom. The van der Waals surface area contributed by atoms with E-state index in [1.165, 1.54) is 0 Å². The third-order valence-corrected chi connectivity index (χ3v) is 1.70. The molecule has 1 aromatic rings. The van der Waals surface area contributed by atoms with Crippen molar-refractivity contribution in [2.24, 2.45) is 0 Å². The first-order valence-corrected chi connectivity index (χ1v) is 3.51. The summed E-state index contributed by atoms with van der Waals surface area (Å²) >= 11 is 0.471. The van der Waals surface area contributed by atoms with Gasteiger partial charge in [-0.15, -0.1) is 0 Å². The fraction of sp³-hybridized carbons (Fsp3) is 0.200. The number of carboxylic acids is 1. The Labute approximate surface area is 68.6 Å². The molecule has 0 fully saturated rings. The third kappa shape index (κ3) is 1.55. The van der Waals surface area contributed by atoms with Gasteiger partial charge in [-0.05, 0) is 11.5 Å². The van der Waals surface area contributed by atoms with Crippen LogP contribution >= 0.6 is 11.5 Å². The maximum Gasteiger partial charge on any atom is 0.435 e. The predicted octanol–water partition coefficient (Wildman–Crippen LogP) is 1.86. The van der Waals surface area contributed by atoms with E-state index in [2.05, 4.69) is 4.37 Å². The second-order valence-electron chi connectivity index (χ2n) is 1.88. The molecule has 12 heavy (non-hydrogen) atoms. The van der Waals surface area contributed by atoms with Crippen LogP contribution in [0.5, 0.6) is 0 Å². The highest BCUT2D eigenvalue weighted by Crippen LogP contribution is 2.31. The zero-order valence-corrected chi connectivity index (χ0v) is 6.24. The van der Waals surface area contributed by atoms with Crippen molar-refractivity contribution < 1.29 is 23.1 Å². The molecule has 1 rings (SSSR count). The predicted molar refractivity (Wildman–Crippen MR) is 34.1 cm³/mol. The minimum Gasteiger partial charge on any atom is -0.478 e. The van der Waals surface area contributed by atoms with Gasteiger partial charge in [0, 0.05) is 5.38 Å². The summed E-state index contributed by atoms with van der Waals surface area (Å²) in [5.74, 6) is -1.61. The van der Waals surface area contributed by atoms with Gasteiger partial charge in [-0.3, -0.25) is 0 Å². The molecule has 0 bridgehead atoms. The molecule has 66 valence electrons. The van der Waals surface area contributed by atoms with Crippen LogP contribution in [0.4, 0.5) is 13.2 Å². The zero-order chi connectivity index (χ0) is 9.35. The van der Waals surface area contributed by atoms with Crippen LogP contribution in [-0.4, -0.2) is 15.4 Å². The van der Waals surface area contributed by atoms with Crippen molar-refractivity contribution in [2.75, 3.05) is 0 Å². The average molecular weight is 197 g/mol. The quantitative estimate of drug-likeness (QED) is 0.747. The number of nitrogens with zero attached hydrogens (tertiary/aromatic N) is 1. The molecule has 0 saturated carbocycles. The fourth-order valence-corrected chi connectivity index (χ4v) is 1.27. The van der Waals surface area contributed by atoms with Gasteiger partial charge in [0.1, 0.15) is 5.56 Å². The molecular weight excluding hydrogens is 195 g/mol. The SMILES string of the molecule is O=C(O)c1csnc1C(F)(F)F. The summed E-state index contributed by atoms with van der Waals surface area (Å²) in [6.45, 7) is 0. The summed E-state index contributed by atoms with van der Waals surface area (Å²) in [5, 5.41) is 9.14. The minimum atomic E-state index is -4.69. The van der Waals surface area contributed by atoms with Crippen LogP contribution in [0.3, 0.4) is 0 Å². The molecule has 1 N–H and O–H groups in total. The van der Waals surface area contributed by atoms with Gasteiger partial charge < -0.3 is 5.11 Å². The molecule has 0 aliphatic heterocycles. The number of hydrogen-bond donors (Lipinski definition) is 1. The van der Waals surface area contributed by atoms with Crippen molar-refractivity contribution in [3.05, 3.63) is 16.6 Å². The summed E-state index contributed by atoms with van der Waals surface area (Å²) < 4.78 is 38.7. The van der Waals surface area contributed by atoms with Crippen molar-refractivity contribution >= 4 is 17.5 Å². The van der Waals surface area contributed by atoms with Gasteiger partial charge >= 0.3 is 12.1 Å². The standard InChI is InChI=1S/C5H2F3NO2S/c6-5(7,8)3-2(4(10)11)1-12-9-3/h1H,(H,10,11). The van der Waals surface area contributed by atoms with Gasteiger partial charge in [-0.1, -0.05) is 0 Å². The number of alkyl halides is 3. The summed E-state index contributed by atoms with van der Waals surface area (Å²) in [6.07, 6.45) is -4.69. The van der Waals surface area contributed by atoms with E-state index < -0.39 is 23.4 Å². The smallest absolute Gasteiger partial charge is 0.435 e. The third-order valence-electron chi connectivity index (χ3n) is 1.07. The summed E-state index contributed by atoms with van der Waals surface area (Å²) in [4.78, 5) is 10.2. The fourth-order valence-electron chi connectivity index (χ4n) is 0.593. The minimum absolute atomic E-state index is 0.471. The largest absolute Gasteiger partial charge is 0.478 e. The molecule has 1 aromatic heterocycles. The molecule has 0 aromatic carbocycles. The number of rotatable bonds is 1. The summed E-state index contributed by atoms with van der Waals surface area (Å²) in [5.41, 5.74) is -2.13. The summed E-state index contributed by atoms with van der Waals surface area (Å²) in [6, 6.07) is 0. The van der Waals surface area contributed by atoms with Crippen LogP contribution in [0.2, 0.25) is 0 Å². The lowest BCUT2D eigenvalue weighted by molar-refractivity contribution is -0.141. The molecule has 3 nitrogen and oxygen atoms in total. The van der Waals surface area contributed by atoms with Gasteiger partial charge in [0.2, 0.25) is 0 Å². The van der Waals surface area contributed by atoms with E-state index in [0.29, 0.717) is 11.5 Å². The molecule has 0 atom stereocenters. The van der Waals surface area contributed by atoms with Gasteiger partial charge in [0.25, 0.3) is 0 Å². The van der Waals surface area contributed by atoms with E-state index in [0.717, 1.165) is 5.38 Å². The van der Waals surface area contributed by atoms with Crippen LogP contribution < -0.4 is 0 Å². The number of aromatic carboxylic acids is 1. The highest BCUT2D eigenvalue weighted by Gasteiger charge is 2.38. The van der Waals surface area contributed by atoms with E-state index in [1.807, 2.05) is 0 Å². The Hall–Kier alpha value is -1.11. The van der Waals surface area contributed by atoms with E-state index >= 15 is 0 Å². The van der Waals surface area contributed by atoms with Crippen LogP contribution in [-0.2, 0) is 6.18 Å². The van der Waals surface area contributed by atoms with Gasteiger partial charge in [-0.25, -0.2) is 4.79 Å². The number of aromatic nitrogens is 1. The van der Waals surface area contributed by atoms with E-state index in [9.17, 15) is 18.0 Å². The average Bonchev–Trinajstić information content (AvgIpc) is 2.30. The lowest BCUT2D eigenvalue weighted by Crippen LogP contribution is -2.11. The first-order chi connectivity index (χ1) is 5.43. The lowest BCUT2D eigenvalue weighted by atomic mass is 10.2. The van der Waals surface area contributed by atoms with Crippen molar-refractivity contribution in [3.63, 3.8) is 0 Å². The monoisotopic (exact) mass is 197 g/mol. The van der Waals surface area contributed by atoms with Gasteiger partial charge in [0.05, 0.1) is 0 Å². The Kier molecular flexibility index (Phi) is 2.05. The first kappa shape index (κ1) is 8.98. The Morgan fingerprint density at radius 3 is 2.50 bits per heavy atom. The van der Waals surface area contributed by atoms with Crippen molar-refractivity contribution in [1.29, 1.82) is 0 Å². The first-order valence-electron chi connectivity index (χ1n) is 2.68. The Morgan fingerprint density at radius 1 is 1.58 bits per heavy atom. The second kappa shape index (κ2) is 2.74. The lowest BCUT2D eigenvalue weighted by Gasteiger charge is -2.02. The Balaban J connectivity index is 3.17. The van der Waals surface area contributed by atoms with E-state index in [1.54, 1.807) is 0 Å².